The summed E-state index contributed by atoms with van der Waals surface area (Å²) in [7, 11) is 0. The van der Waals surface area contributed by atoms with Crippen molar-refractivity contribution in [2.75, 3.05) is 0 Å². The molecule has 1 aromatic rings. The molecule has 0 aliphatic carbocycles. The van der Waals surface area contributed by atoms with Crippen molar-refractivity contribution >= 4 is 5.69 Å². The monoisotopic (exact) mass is 137 g/mol. The Morgan fingerprint density at radius 2 is 1.80 bits per heavy atom. The number of para-hydroxylation sites is 1. The van der Waals surface area contributed by atoms with Crippen molar-refractivity contribution in [3.05, 3.63) is 40.1 Å². The molecule has 0 spiro atoms. The van der Waals surface area contributed by atoms with Crippen LogP contribution in [-0.4, -0.2) is 4.87 Å². The molecular weight excluding hydrogens is 132 g/mol. The summed E-state index contributed by atoms with van der Waals surface area (Å²) in [6.45, 7) is 0. The fourth-order valence-electron chi connectivity index (χ4n) is 0.603. The van der Waals surface area contributed by atoms with E-state index in [1.54, 1.807) is 18.2 Å². The molecule has 0 fully saturated rings. The van der Waals surface area contributed by atoms with Crippen LogP contribution in [0.1, 0.15) is 0 Å². The molecule has 4 nitrogen and oxygen atoms in total. The van der Waals surface area contributed by atoms with Gasteiger partial charge in [-0.2, -0.15) is 0 Å². The minimum atomic E-state index is 0.0278. The Labute approximate surface area is 57.0 Å². The summed E-state index contributed by atoms with van der Waals surface area (Å²) in [5, 5.41) is 2.19. The zero-order chi connectivity index (χ0) is 7.40. The van der Waals surface area contributed by atoms with E-state index in [1.807, 2.05) is 0 Å². The van der Waals surface area contributed by atoms with Gasteiger partial charge in [0.25, 0.3) is 11.0 Å². The number of nitrogens with zero attached hydrogens (tertiary/aromatic N) is 2. The molecule has 10 heavy (non-hydrogen) atoms. The standard InChI is InChI=1S/C6H5N2O2/c9-7-8(10)6-4-2-1-3-5-6/h1-5H/q+1. The van der Waals surface area contributed by atoms with Gasteiger partial charge in [0.1, 0.15) is 0 Å². The minimum Gasteiger partial charge on any atom is -0.0762 e. The summed E-state index contributed by atoms with van der Waals surface area (Å²) >= 11 is 0. The SMILES string of the molecule is O=N[N+](=O)c1ccccc1. The lowest BCUT2D eigenvalue weighted by Crippen LogP contribution is -1.86. The van der Waals surface area contributed by atoms with E-state index in [2.05, 4.69) is 5.29 Å². The quantitative estimate of drug-likeness (QED) is 0.354. The molecule has 0 aromatic heterocycles. The lowest BCUT2D eigenvalue weighted by molar-refractivity contribution is -0.470. The second-order valence-corrected chi connectivity index (χ2v) is 1.69. The normalized spacial score (nSPS) is 8.80. The van der Waals surface area contributed by atoms with Gasteiger partial charge in [-0.25, -0.2) is 0 Å². The summed E-state index contributed by atoms with van der Waals surface area (Å²) in [4.78, 5) is 20.1. The topological polar surface area (TPSA) is 49.5 Å². The molecule has 0 radical (unpaired) electrons. The van der Waals surface area contributed by atoms with Crippen molar-refractivity contribution in [2.45, 2.75) is 0 Å². The average Bonchev–Trinajstić information content (AvgIpc) is 2.05. The molecule has 0 aliphatic heterocycles. The molecule has 0 saturated heterocycles. The Bertz CT molecular complexity index is 245. The van der Waals surface area contributed by atoms with Crippen molar-refractivity contribution in [1.29, 1.82) is 0 Å². The van der Waals surface area contributed by atoms with Crippen LogP contribution in [0.3, 0.4) is 0 Å². The fourth-order valence-corrected chi connectivity index (χ4v) is 0.603. The minimum absolute atomic E-state index is 0.0278. The van der Waals surface area contributed by atoms with E-state index in [1.165, 1.54) is 12.1 Å². The molecule has 0 unspecified atom stereocenters. The predicted octanol–water partition coefficient (Wildman–Crippen LogP) is 1.78. The highest BCUT2D eigenvalue weighted by Gasteiger charge is 2.11. The van der Waals surface area contributed by atoms with Gasteiger partial charge in [-0.1, -0.05) is 23.1 Å². The molecule has 1 rings (SSSR count). The van der Waals surface area contributed by atoms with Gasteiger partial charge < -0.3 is 0 Å². The van der Waals surface area contributed by atoms with E-state index in [9.17, 15) is 9.81 Å². The van der Waals surface area contributed by atoms with E-state index in [4.69, 9.17) is 0 Å². The molecule has 4 heteroatoms. The van der Waals surface area contributed by atoms with E-state index in [0.717, 1.165) is 0 Å². The Kier molecular flexibility index (Phi) is 1.84. The zero-order valence-electron chi connectivity index (χ0n) is 5.10. The largest absolute Gasteiger partial charge is 0.298 e. The maximum absolute atomic E-state index is 10.5. The van der Waals surface area contributed by atoms with Gasteiger partial charge in [-0.15, -0.1) is 0 Å². The van der Waals surface area contributed by atoms with Gasteiger partial charge in [-0.3, -0.25) is 0 Å². The highest BCUT2D eigenvalue weighted by molar-refractivity contribution is 5.27. The van der Waals surface area contributed by atoms with Gasteiger partial charge in [0.05, 0.1) is 4.91 Å². The van der Waals surface area contributed by atoms with Gasteiger partial charge in [0.2, 0.25) is 4.87 Å². The Balaban J connectivity index is 2.95. The zero-order valence-corrected chi connectivity index (χ0v) is 5.10. The number of rotatable bonds is 2. The van der Waals surface area contributed by atoms with Crippen LogP contribution < -0.4 is 0 Å². The van der Waals surface area contributed by atoms with Crippen molar-refractivity contribution in [2.24, 2.45) is 5.29 Å². The lowest BCUT2D eigenvalue weighted by Gasteiger charge is -1.78. The number of nitroso groups, excluding NO2 is 2. The van der Waals surface area contributed by atoms with Gasteiger partial charge in [-0.05, 0) is 0 Å². The molecule has 0 saturated carbocycles. The average molecular weight is 137 g/mol. The molecule has 0 bridgehead atoms. The molecule has 0 heterocycles. The van der Waals surface area contributed by atoms with E-state index in [0.29, 0.717) is 0 Å². The molecular formula is C6H5N2O2+. The number of hydrogen-bond donors (Lipinski definition) is 0. The Morgan fingerprint density at radius 3 is 2.30 bits per heavy atom. The van der Waals surface area contributed by atoms with Crippen molar-refractivity contribution in [1.82, 2.24) is 0 Å². The first-order valence-electron chi connectivity index (χ1n) is 2.70. The predicted molar refractivity (Wildman–Crippen MR) is 35.5 cm³/mol. The summed E-state index contributed by atoms with van der Waals surface area (Å²) in [5.41, 5.74) is 0.248. The first-order valence-corrected chi connectivity index (χ1v) is 2.70. The third kappa shape index (κ3) is 1.22. The number of hydrogen-bond acceptors (Lipinski definition) is 2. The van der Waals surface area contributed by atoms with E-state index < -0.39 is 0 Å². The first-order chi connectivity index (χ1) is 4.84. The van der Waals surface area contributed by atoms with Crippen LogP contribution in [0.2, 0.25) is 0 Å². The van der Waals surface area contributed by atoms with Gasteiger partial charge >= 0.3 is 0 Å². The highest BCUT2D eigenvalue weighted by Crippen LogP contribution is 2.08. The maximum Gasteiger partial charge on any atom is 0.298 e. The third-order valence-electron chi connectivity index (χ3n) is 1.05. The molecule has 50 valence electrons. The van der Waals surface area contributed by atoms with Crippen LogP contribution in [0.25, 0.3) is 0 Å². The smallest absolute Gasteiger partial charge is 0.0762 e. The maximum atomic E-state index is 10.5. The van der Waals surface area contributed by atoms with Crippen LogP contribution in [0.4, 0.5) is 5.69 Å². The summed E-state index contributed by atoms with van der Waals surface area (Å²) < 4.78 is 0. The highest BCUT2D eigenvalue weighted by atomic mass is 16.4. The molecule has 1 aromatic carbocycles. The summed E-state index contributed by atoms with van der Waals surface area (Å²) in [5.74, 6) is 0. The Hall–Kier alpha value is -1.58. The number of benzene rings is 1. The van der Waals surface area contributed by atoms with Gasteiger partial charge in [0.15, 0.2) is 0 Å². The first kappa shape index (κ1) is 6.54. The Morgan fingerprint density at radius 1 is 1.20 bits per heavy atom. The van der Waals surface area contributed by atoms with Crippen LogP contribution in [-0.2, 0) is 0 Å². The molecule has 0 atom stereocenters. The van der Waals surface area contributed by atoms with Crippen molar-refractivity contribution in [3.8, 4) is 0 Å². The van der Waals surface area contributed by atoms with Crippen LogP contribution >= 0.6 is 0 Å². The third-order valence-corrected chi connectivity index (χ3v) is 1.05. The van der Waals surface area contributed by atoms with Crippen LogP contribution in [0, 0.1) is 9.81 Å². The van der Waals surface area contributed by atoms with E-state index in [-0.39, 0.29) is 10.6 Å². The van der Waals surface area contributed by atoms with Crippen molar-refractivity contribution < 1.29 is 4.87 Å². The fraction of sp³-hybridized carbons (Fsp3) is 0. The van der Waals surface area contributed by atoms with Crippen LogP contribution in [0.5, 0.6) is 0 Å². The van der Waals surface area contributed by atoms with Crippen LogP contribution in [0.15, 0.2) is 35.6 Å². The van der Waals surface area contributed by atoms with E-state index >= 15 is 0 Å². The lowest BCUT2D eigenvalue weighted by atomic mass is 10.3. The second-order valence-electron chi connectivity index (χ2n) is 1.69. The molecule has 0 N–H and O–H groups in total. The van der Waals surface area contributed by atoms with Gasteiger partial charge in [0, 0.05) is 12.1 Å². The summed E-state index contributed by atoms with van der Waals surface area (Å²) in [6.07, 6.45) is 0. The molecule has 0 amide bonds. The summed E-state index contributed by atoms with van der Waals surface area (Å²) in [6, 6.07) is 8.09. The second kappa shape index (κ2) is 2.82. The van der Waals surface area contributed by atoms with Crippen molar-refractivity contribution in [3.63, 3.8) is 0 Å². The molecule has 0 aliphatic rings.